The van der Waals surface area contributed by atoms with Crippen molar-refractivity contribution in [3.63, 3.8) is 0 Å². The minimum absolute atomic E-state index is 0.772. The average Bonchev–Trinajstić information content (AvgIpc) is 2.49. The number of anilines is 1. The van der Waals surface area contributed by atoms with Crippen molar-refractivity contribution >= 4 is 28.2 Å². The first-order valence-corrected chi connectivity index (χ1v) is 8.04. The van der Waals surface area contributed by atoms with Gasteiger partial charge in [0.2, 0.25) is 0 Å². The van der Waals surface area contributed by atoms with Gasteiger partial charge >= 0.3 is 0 Å². The normalized spacial score (nSPS) is 11.3. The van der Waals surface area contributed by atoms with E-state index in [0.717, 1.165) is 59.8 Å². The molecular weight excluding hydrogens is 282 g/mol. The Morgan fingerprint density at radius 2 is 2.00 bits per heavy atom. The number of aryl methyl sites for hydroxylation is 1. The Morgan fingerprint density at radius 3 is 2.71 bits per heavy atom. The molecule has 0 fully saturated rings. The number of fused-ring (bicyclic) bond motifs is 1. The Kier molecular flexibility index (Phi) is 5.83. The molecule has 0 aliphatic rings. The summed E-state index contributed by atoms with van der Waals surface area (Å²) in [7, 11) is 0. The largest absolute Gasteiger partial charge is 0.384 e. The van der Waals surface area contributed by atoms with Crippen molar-refractivity contribution in [1.82, 2.24) is 9.88 Å². The molecule has 0 saturated heterocycles. The van der Waals surface area contributed by atoms with Gasteiger partial charge in [0.25, 0.3) is 0 Å². The maximum Gasteiger partial charge on any atom is 0.0737 e. The minimum Gasteiger partial charge on any atom is -0.384 e. The van der Waals surface area contributed by atoms with E-state index in [1.165, 1.54) is 0 Å². The second kappa shape index (κ2) is 7.62. The highest BCUT2D eigenvalue weighted by Gasteiger charge is 2.05. The molecule has 0 aliphatic heterocycles. The standard InChI is InChI=1S/C17H24ClN3/c1-4-21(5-2)10-6-8-19-16-7-9-20-17-12-15(18)13(3)11-14(16)17/h7,9,11-12H,4-6,8,10H2,1-3H3,(H,19,20). The molecule has 0 amide bonds. The van der Waals surface area contributed by atoms with E-state index >= 15 is 0 Å². The highest BCUT2D eigenvalue weighted by molar-refractivity contribution is 6.32. The number of benzene rings is 1. The van der Waals surface area contributed by atoms with Gasteiger partial charge < -0.3 is 10.2 Å². The van der Waals surface area contributed by atoms with Crippen molar-refractivity contribution in [2.45, 2.75) is 27.2 Å². The number of hydrogen-bond acceptors (Lipinski definition) is 3. The lowest BCUT2D eigenvalue weighted by atomic mass is 10.1. The van der Waals surface area contributed by atoms with Gasteiger partial charge in [0, 0.05) is 28.8 Å². The number of hydrogen-bond donors (Lipinski definition) is 1. The lowest BCUT2D eigenvalue weighted by Crippen LogP contribution is -2.25. The van der Waals surface area contributed by atoms with Gasteiger partial charge in [0.1, 0.15) is 0 Å². The Hall–Kier alpha value is -1.32. The van der Waals surface area contributed by atoms with E-state index in [9.17, 15) is 0 Å². The molecule has 4 heteroatoms. The van der Waals surface area contributed by atoms with Gasteiger partial charge in [0.15, 0.2) is 0 Å². The quantitative estimate of drug-likeness (QED) is 0.771. The van der Waals surface area contributed by atoms with E-state index in [1.807, 2.05) is 25.3 Å². The number of pyridine rings is 1. The van der Waals surface area contributed by atoms with Crippen LogP contribution >= 0.6 is 11.6 Å². The van der Waals surface area contributed by atoms with Crippen LogP contribution in [-0.2, 0) is 0 Å². The monoisotopic (exact) mass is 305 g/mol. The van der Waals surface area contributed by atoms with Crippen LogP contribution in [-0.4, -0.2) is 36.1 Å². The molecular formula is C17H24ClN3. The Balaban J connectivity index is 2.03. The van der Waals surface area contributed by atoms with Crippen LogP contribution in [0.15, 0.2) is 24.4 Å². The molecule has 1 N–H and O–H groups in total. The van der Waals surface area contributed by atoms with E-state index in [0.29, 0.717) is 0 Å². The fourth-order valence-electron chi connectivity index (χ4n) is 2.50. The summed E-state index contributed by atoms with van der Waals surface area (Å²) >= 11 is 6.17. The number of halogens is 1. The molecule has 0 spiro atoms. The fraction of sp³-hybridized carbons (Fsp3) is 0.471. The van der Waals surface area contributed by atoms with Crippen LogP contribution in [0, 0.1) is 6.92 Å². The van der Waals surface area contributed by atoms with Gasteiger partial charge in [-0.3, -0.25) is 4.98 Å². The number of rotatable bonds is 7. The zero-order chi connectivity index (χ0) is 15.2. The molecule has 1 aromatic heterocycles. The fourth-order valence-corrected chi connectivity index (χ4v) is 2.65. The van der Waals surface area contributed by atoms with E-state index in [4.69, 9.17) is 11.6 Å². The van der Waals surface area contributed by atoms with Crippen molar-refractivity contribution < 1.29 is 0 Å². The van der Waals surface area contributed by atoms with E-state index in [-0.39, 0.29) is 0 Å². The molecule has 0 aliphatic carbocycles. The van der Waals surface area contributed by atoms with Gasteiger partial charge in [-0.15, -0.1) is 0 Å². The van der Waals surface area contributed by atoms with Crippen LogP contribution in [0.5, 0.6) is 0 Å². The van der Waals surface area contributed by atoms with Crippen molar-refractivity contribution in [2.24, 2.45) is 0 Å². The van der Waals surface area contributed by atoms with Gasteiger partial charge in [-0.1, -0.05) is 25.4 Å². The Bertz CT molecular complexity index is 594. The highest BCUT2D eigenvalue weighted by atomic mass is 35.5. The van der Waals surface area contributed by atoms with Crippen molar-refractivity contribution in [3.05, 3.63) is 35.0 Å². The third-order valence-electron chi connectivity index (χ3n) is 3.88. The van der Waals surface area contributed by atoms with E-state index in [2.05, 4.69) is 35.1 Å². The molecule has 1 heterocycles. The lowest BCUT2D eigenvalue weighted by molar-refractivity contribution is 0.303. The Morgan fingerprint density at radius 1 is 1.24 bits per heavy atom. The number of nitrogens with zero attached hydrogens (tertiary/aromatic N) is 2. The van der Waals surface area contributed by atoms with Crippen molar-refractivity contribution in [3.8, 4) is 0 Å². The molecule has 2 rings (SSSR count). The van der Waals surface area contributed by atoms with E-state index in [1.54, 1.807) is 0 Å². The second-order valence-corrected chi connectivity index (χ2v) is 5.69. The molecule has 3 nitrogen and oxygen atoms in total. The number of nitrogens with one attached hydrogen (secondary N) is 1. The van der Waals surface area contributed by atoms with Gasteiger partial charge in [-0.2, -0.15) is 0 Å². The summed E-state index contributed by atoms with van der Waals surface area (Å²) in [5, 5.41) is 5.44. The molecule has 0 saturated carbocycles. The first kappa shape index (κ1) is 16.1. The maximum atomic E-state index is 6.17. The van der Waals surface area contributed by atoms with E-state index < -0.39 is 0 Å². The van der Waals surface area contributed by atoms with Crippen LogP contribution in [0.3, 0.4) is 0 Å². The number of aromatic nitrogens is 1. The van der Waals surface area contributed by atoms with Crippen molar-refractivity contribution in [1.29, 1.82) is 0 Å². The van der Waals surface area contributed by atoms with Gasteiger partial charge in [0.05, 0.1) is 5.52 Å². The van der Waals surface area contributed by atoms with Gasteiger partial charge in [-0.25, -0.2) is 0 Å². The third-order valence-corrected chi connectivity index (χ3v) is 4.29. The van der Waals surface area contributed by atoms with Crippen molar-refractivity contribution in [2.75, 3.05) is 31.5 Å². The summed E-state index contributed by atoms with van der Waals surface area (Å²) in [6, 6.07) is 6.08. The summed E-state index contributed by atoms with van der Waals surface area (Å²) in [6.07, 6.45) is 2.97. The summed E-state index contributed by atoms with van der Waals surface area (Å²) in [6.45, 7) is 10.8. The third kappa shape index (κ3) is 4.08. The van der Waals surface area contributed by atoms with Crippen LogP contribution in [0.25, 0.3) is 10.9 Å². The minimum atomic E-state index is 0.772. The first-order chi connectivity index (χ1) is 10.2. The maximum absolute atomic E-state index is 6.17. The Labute approximate surface area is 132 Å². The van der Waals surface area contributed by atoms with Gasteiger partial charge in [-0.05, 0) is 56.7 Å². The predicted molar refractivity (Wildman–Crippen MR) is 92.4 cm³/mol. The predicted octanol–water partition coefficient (Wildman–Crippen LogP) is 4.34. The second-order valence-electron chi connectivity index (χ2n) is 5.28. The zero-order valence-corrected chi connectivity index (χ0v) is 13.9. The summed E-state index contributed by atoms with van der Waals surface area (Å²) in [5.74, 6) is 0. The summed E-state index contributed by atoms with van der Waals surface area (Å²) in [5.41, 5.74) is 3.17. The molecule has 0 atom stereocenters. The average molecular weight is 306 g/mol. The van der Waals surface area contributed by atoms with Crippen LogP contribution in [0.2, 0.25) is 5.02 Å². The lowest BCUT2D eigenvalue weighted by Gasteiger charge is -2.18. The summed E-state index contributed by atoms with van der Waals surface area (Å²) < 4.78 is 0. The molecule has 0 bridgehead atoms. The molecule has 1 aromatic carbocycles. The van der Waals surface area contributed by atoms with Crippen LogP contribution < -0.4 is 5.32 Å². The van der Waals surface area contributed by atoms with Crippen LogP contribution in [0.4, 0.5) is 5.69 Å². The molecule has 114 valence electrons. The molecule has 0 unspecified atom stereocenters. The zero-order valence-electron chi connectivity index (χ0n) is 13.1. The topological polar surface area (TPSA) is 28.2 Å². The molecule has 21 heavy (non-hydrogen) atoms. The SMILES string of the molecule is CCN(CC)CCCNc1ccnc2cc(Cl)c(C)cc12. The highest BCUT2D eigenvalue weighted by Crippen LogP contribution is 2.27. The molecule has 0 radical (unpaired) electrons. The summed E-state index contributed by atoms with van der Waals surface area (Å²) in [4.78, 5) is 6.83. The first-order valence-electron chi connectivity index (χ1n) is 7.66. The van der Waals surface area contributed by atoms with Crippen LogP contribution in [0.1, 0.15) is 25.8 Å². The molecule has 2 aromatic rings. The smallest absolute Gasteiger partial charge is 0.0737 e.